The van der Waals surface area contributed by atoms with Crippen molar-refractivity contribution in [1.29, 1.82) is 0 Å². The van der Waals surface area contributed by atoms with Gasteiger partial charge in [-0.25, -0.2) is 4.98 Å². The Morgan fingerprint density at radius 1 is 1.06 bits per heavy atom. The van der Waals surface area contributed by atoms with Crippen molar-refractivity contribution < 1.29 is 0 Å². The zero-order valence-corrected chi connectivity index (χ0v) is 22.4. The zero-order chi connectivity index (χ0) is 22.3. The minimum atomic E-state index is 0. The molecule has 2 aliphatic heterocycles. The van der Waals surface area contributed by atoms with Gasteiger partial charge in [-0.05, 0) is 37.6 Å². The summed E-state index contributed by atoms with van der Waals surface area (Å²) in [7, 11) is 4.01. The molecular weight excluding hydrogens is 525 g/mol. The molecule has 1 aromatic carbocycles. The van der Waals surface area contributed by atoms with Crippen LogP contribution in [0.1, 0.15) is 24.5 Å². The van der Waals surface area contributed by atoms with Crippen LogP contribution in [0.4, 0.5) is 5.82 Å². The van der Waals surface area contributed by atoms with Gasteiger partial charge in [-0.1, -0.05) is 36.4 Å². The van der Waals surface area contributed by atoms with E-state index in [9.17, 15) is 0 Å². The highest BCUT2D eigenvalue weighted by Gasteiger charge is 2.29. The van der Waals surface area contributed by atoms with Gasteiger partial charge < -0.3 is 20.4 Å². The molecule has 0 saturated carbocycles. The highest BCUT2D eigenvalue weighted by Crippen LogP contribution is 2.20. The molecule has 0 radical (unpaired) electrons. The second-order valence-corrected chi connectivity index (χ2v) is 9.08. The predicted molar refractivity (Wildman–Crippen MR) is 147 cm³/mol. The first kappa shape index (κ1) is 25.7. The lowest BCUT2D eigenvalue weighted by Crippen LogP contribution is -2.45. The third kappa shape index (κ3) is 7.28. The first-order valence-electron chi connectivity index (χ1n) is 11.7. The molecule has 8 heteroatoms. The number of hydrogen-bond acceptors (Lipinski definition) is 5. The fourth-order valence-electron chi connectivity index (χ4n) is 4.56. The van der Waals surface area contributed by atoms with Gasteiger partial charge in [-0.2, -0.15) is 0 Å². The molecule has 2 unspecified atom stereocenters. The minimum Gasteiger partial charge on any atom is -0.354 e. The number of aromatic nitrogens is 1. The highest BCUT2D eigenvalue weighted by atomic mass is 127. The van der Waals surface area contributed by atoms with Crippen molar-refractivity contribution in [2.24, 2.45) is 4.99 Å². The Bertz CT molecular complexity index is 866. The Labute approximate surface area is 215 Å². The van der Waals surface area contributed by atoms with E-state index in [1.807, 2.05) is 13.2 Å². The molecule has 2 aromatic rings. The number of guanidine groups is 1. The van der Waals surface area contributed by atoms with Crippen LogP contribution in [0.3, 0.4) is 0 Å². The van der Waals surface area contributed by atoms with Crippen LogP contribution in [-0.2, 0) is 13.1 Å². The Morgan fingerprint density at radius 3 is 2.48 bits per heavy atom. The maximum absolute atomic E-state index is 4.69. The number of piperazine rings is 1. The molecule has 3 heterocycles. The van der Waals surface area contributed by atoms with Crippen molar-refractivity contribution in [3.05, 3.63) is 59.8 Å². The summed E-state index contributed by atoms with van der Waals surface area (Å²) in [6, 6.07) is 16.0. The molecule has 7 nitrogen and oxygen atoms in total. The molecule has 0 spiro atoms. The number of rotatable bonds is 6. The molecule has 0 aliphatic carbocycles. The lowest BCUT2D eigenvalue weighted by atomic mass is 10.2. The number of likely N-dealkylation sites (N-methyl/N-ethyl adjacent to an activating group) is 1. The maximum Gasteiger partial charge on any atom is 0.191 e. The molecule has 1 aromatic heterocycles. The van der Waals surface area contributed by atoms with Crippen molar-refractivity contribution in [3.8, 4) is 0 Å². The average Bonchev–Trinajstić information content (AvgIpc) is 3.16. The van der Waals surface area contributed by atoms with E-state index in [1.165, 1.54) is 5.56 Å². The van der Waals surface area contributed by atoms with Gasteiger partial charge in [-0.3, -0.25) is 9.89 Å². The molecule has 0 bridgehead atoms. The predicted octanol–water partition coefficient (Wildman–Crippen LogP) is 2.78. The van der Waals surface area contributed by atoms with E-state index in [-0.39, 0.29) is 24.0 Å². The summed E-state index contributed by atoms with van der Waals surface area (Å²) in [6.07, 6.45) is 3.10. The van der Waals surface area contributed by atoms with E-state index >= 15 is 0 Å². The standard InChI is InChI=1S/C25H37N7.HI/c1-20-15-23(19-32(20)18-21-7-5-4-6-8-21)29-25(26-2)28-17-22-9-10-24(27-16-22)31-13-11-30(3)12-14-31;/h4-10,16,20,23H,11-15,17-19H2,1-3H3,(H2,26,28,29);1H. The molecule has 0 amide bonds. The lowest BCUT2D eigenvalue weighted by molar-refractivity contribution is 0.258. The molecular formula is C25H38IN7. The van der Waals surface area contributed by atoms with Gasteiger partial charge in [0.25, 0.3) is 0 Å². The van der Waals surface area contributed by atoms with Crippen LogP contribution in [0.25, 0.3) is 0 Å². The second kappa shape index (κ2) is 12.5. The fourth-order valence-corrected chi connectivity index (χ4v) is 4.56. The summed E-state index contributed by atoms with van der Waals surface area (Å²) < 4.78 is 0. The normalized spacial score (nSPS) is 22.2. The van der Waals surface area contributed by atoms with Crippen molar-refractivity contribution in [2.45, 2.75) is 38.5 Å². The van der Waals surface area contributed by atoms with Crippen LogP contribution >= 0.6 is 24.0 Å². The highest BCUT2D eigenvalue weighted by molar-refractivity contribution is 14.0. The van der Waals surface area contributed by atoms with E-state index in [1.54, 1.807) is 0 Å². The number of nitrogens with zero attached hydrogens (tertiary/aromatic N) is 5. The van der Waals surface area contributed by atoms with E-state index in [4.69, 9.17) is 4.98 Å². The van der Waals surface area contributed by atoms with E-state index in [0.29, 0.717) is 18.6 Å². The summed E-state index contributed by atoms with van der Waals surface area (Å²) in [5, 5.41) is 7.07. The molecule has 2 aliphatic rings. The van der Waals surface area contributed by atoms with Crippen molar-refractivity contribution in [2.75, 3.05) is 51.7 Å². The van der Waals surface area contributed by atoms with E-state index in [2.05, 4.69) is 86.8 Å². The number of nitrogens with one attached hydrogen (secondary N) is 2. The SMILES string of the molecule is CN=C(NCc1ccc(N2CCN(C)CC2)nc1)NC1CC(C)N(Cc2ccccc2)C1.I. The summed E-state index contributed by atoms with van der Waals surface area (Å²) in [5.74, 6) is 1.93. The third-order valence-corrected chi connectivity index (χ3v) is 6.59. The minimum absolute atomic E-state index is 0. The fraction of sp³-hybridized carbons (Fsp3) is 0.520. The van der Waals surface area contributed by atoms with Gasteiger partial charge in [0.2, 0.25) is 0 Å². The maximum atomic E-state index is 4.69. The van der Waals surface area contributed by atoms with Crippen LogP contribution in [-0.4, -0.2) is 79.6 Å². The van der Waals surface area contributed by atoms with Gasteiger partial charge in [-0.15, -0.1) is 24.0 Å². The van der Waals surface area contributed by atoms with E-state index < -0.39 is 0 Å². The summed E-state index contributed by atoms with van der Waals surface area (Å²) in [5.41, 5.74) is 2.53. The molecule has 2 saturated heterocycles. The molecule has 2 N–H and O–H groups in total. The van der Waals surface area contributed by atoms with Gasteiger partial charge in [0.1, 0.15) is 5.82 Å². The van der Waals surface area contributed by atoms with Crippen LogP contribution < -0.4 is 15.5 Å². The monoisotopic (exact) mass is 563 g/mol. The van der Waals surface area contributed by atoms with E-state index in [0.717, 1.165) is 63.0 Å². The summed E-state index contributed by atoms with van der Waals surface area (Å²) >= 11 is 0. The molecule has 2 fully saturated rings. The molecule has 4 rings (SSSR count). The lowest BCUT2D eigenvalue weighted by Gasteiger charge is -2.33. The van der Waals surface area contributed by atoms with Crippen molar-refractivity contribution >= 4 is 35.8 Å². The Morgan fingerprint density at radius 2 is 1.82 bits per heavy atom. The number of anilines is 1. The smallest absolute Gasteiger partial charge is 0.191 e. The van der Waals surface area contributed by atoms with Crippen LogP contribution in [0, 0.1) is 0 Å². The van der Waals surface area contributed by atoms with Crippen molar-refractivity contribution in [3.63, 3.8) is 0 Å². The topological polar surface area (TPSA) is 59.0 Å². The summed E-state index contributed by atoms with van der Waals surface area (Å²) in [6.45, 7) is 9.32. The number of benzene rings is 1. The summed E-state index contributed by atoms with van der Waals surface area (Å²) in [4.78, 5) is 16.4. The number of halogens is 1. The second-order valence-electron chi connectivity index (χ2n) is 9.08. The quantitative estimate of drug-likeness (QED) is 0.321. The van der Waals surface area contributed by atoms with Gasteiger partial charge >= 0.3 is 0 Å². The van der Waals surface area contributed by atoms with Gasteiger partial charge in [0.05, 0.1) is 0 Å². The van der Waals surface area contributed by atoms with Gasteiger partial charge in [0.15, 0.2) is 5.96 Å². The Hall–Kier alpha value is -1.91. The number of hydrogen-bond donors (Lipinski definition) is 2. The Balaban J connectivity index is 0.00000306. The average molecular weight is 564 g/mol. The van der Waals surface area contributed by atoms with Gasteiger partial charge in [0, 0.05) is 71.1 Å². The van der Waals surface area contributed by atoms with Crippen molar-refractivity contribution in [1.82, 2.24) is 25.4 Å². The molecule has 33 heavy (non-hydrogen) atoms. The number of likely N-dealkylation sites (tertiary alicyclic amines) is 1. The number of aliphatic imine (C=N–C) groups is 1. The number of pyridine rings is 1. The molecule has 180 valence electrons. The zero-order valence-electron chi connectivity index (χ0n) is 20.1. The van der Waals surface area contributed by atoms with Crippen LogP contribution in [0.2, 0.25) is 0 Å². The first-order chi connectivity index (χ1) is 15.6. The first-order valence-corrected chi connectivity index (χ1v) is 11.7. The largest absolute Gasteiger partial charge is 0.354 e. The van der Waals surface area contributed by atoms with Crippen LogP contribution in [0.5, 0.6) is 0 Å². The Kier molecular flexibility index (Phi) is 9.76. The third-order valence-electron chi connectivity index (χ3n) is 6.59. The van der Waals surface area contributed by atoms with Crippen LogP contribution in [0.15, 0.2) is 53.7 Å². The molecule has 2 atom stereocenters.